The molecule has 1 unspecified atom stereocenters. The minimum atomic E-state index is -2.77. The van der Waals surface area contributed by atoms with Crippen molar-refractivity contribution in [3.8, 4) is 0 Å². The molecule has 1 amide bonds. The smallest absolute Gasteiger partial charge is 0.285 e. The first-order valence-corrected chi connectivity index (χ1v) is 9.56. The average Bonchev–Trinajstić information content (AvgIpc) is 3.01. The zero-order chi connectivity index (χ0) is 17.9. The summed E-state index contributed by atoms with van der Waals surface area (Å²) in [5.74, 6) is 0.597. The summed E-state index contributed by atoms with van der Waals surface area (Å²) in [6.45, 7) is 1.73. The van der Waals surface area contributed by atoms with E-state index in [0.29, 0.717) is 28.6 Å². The molecule has 0 aliphatic carbocycles. The fourth-order valence-corrected chi connectivity index (χ4v) is 3.49. The SMILES string of the molecule is Cc1nc(Cc2ccc(C(=O)N=S(C)(=O)c3ccccc3)cc2)no1. The number of nitrogens with zero attached hydrogens (tertiary/aromatic N) is 3. The lowest BCUT2D eigenvalue weighted by molar-refractivity contribution is 0.100. The first kappa shape index (κ1) is 17.0. The van der Waals surface area contributed by atoms with Gasteiger partial charge in [0, 0.05) is 30.1 Å². The van der Waals surface area contributed by atoms with Crippen LogP contribution in [0.3, 0.4) is 0 Å². The van der Waals surface area contributed by atoms with Crippen LogP contribution in [0.4, 0.5) is 0 Å². The maximum atomic E-state index is 12.7. The van der Waals surface area contributed by atoms with E-state index < -0.39 is 15.6 Å². The Morgan fingerprint density at radius 1 is 1.12 bits per heavy atom. The molecule has 6 nitrogen and oxygen atoms in total. The van der Waals surface area contributed by atoms with Crippen LogP contribution in [0.5, 0.6) is 0 Å². The summed E-state index contributed by atoms with van der Waals surface area (Å²) in [6.07, 6.45) is 1.98. The Labute approximate surface area is 146 Å². The number of rotatable bonds is 4. The third-order valence-corrected chi connectivity index (χ3v) is 5.23. The minimum Gasteiger partial charge on any atom is -0.340 e. The van der Waals surface area contributed by atoms with Gasteiger partial charge in [-0.25, -0.2) is 4.21 Å². The second kappa shape index (κ2) is 6.98. The van der Waals surface area contributed by atoms with Crippen molar-refractivity contribution in [1.29, 1.82) is 0 Å². The van der Waals surface area contributed by atoms with E-state index in [2.05, 4.69) is 14.5 Å². The molecule has 0 saturated heterocycles. The Bertz CT molecular complexity index is 1000. The molecule has 0 aliphatic heterocycles. The zero-order valence-corrected chi connectivity index (χ0v) is 14.7. The van der Waals surface area contributed by atoms with Crippen molar-refractivity contribution in [2.75, 3.05) is 6.26 Å². The van der Waals surface area contributed by atoms with Crippen LogP contribution in [0.2, 0.25) is 0 Å². The quantitative estimate of drug-likeness (QED) is 0.717. The highest BCUT2D eigenvalue weighted by atomic mass is 32.2. The summed E-state index contributed by atoms with van der Waals surface area (Å²) < 4.78 is 21.5. The standard InChI is InChI=1S/C18H17N3O3S/c1-13-19-17(20-24-13)12-14-8-10-15(11-9-14)18(22)21-25(2,23)16-6-4-3-5-7-16/h3-11H,12H2,1-2H3. The van der Waals surface area contributed by atoms with Gasteiger partial charge < -0.3 is 4.52 Å². The number of hydrogen-bond donors (Lipinski definition) is 0. The number of aromatic nitrogens is 2. The molecule has 3 aromatic rings. The Kier molecular flexibility index (Phi) is 4.76. The lowest BCUT2D eigenvalue weighted by Gasteiger charge is -2.04. The van der Waals surface area contributed by atoms with Gasteiger partial charge in [-0.05, 0) is 29.8 Å². The lowest BCUT2D eigenvalue weighted by atomic mass is 10.1. The first-order chi connectivity index (χ1) is 11.9. The van der Waals surface area contributed by atoms with Crippen molar-refractivity contribution in [2.45, 2.75) is 18.2 Å². The number of carbonyl (C=O) groups excluding carboxylic acids is 1. The van der Waals surface area contributed by atoms with Crippen molar-refractivity contribution in [3.63, 3.8) is 0 Å². The van der Waals surface area contributed by atoms with Crippen molar-refractivity contribution in [1.82, 2.24) is 10.1 Å². The molecule has 0 radical (unpaired) electrons. The molecule has 1 heterocycles. The Morgan fingerprint density at radius 2 is 1.80 bits per heavy atom. The van der Waals surface area contributed by atoms with Crippen molar-refractivity contribution < 1.29 is 13.5 Å². The summed E-state index contributed by atoms with van der Waals surface area (Å²) in [7, 11) is -2.77. The first-order valence-electron chi connectivity index (χ1n) is 7.64. The molecule has 3 rings (SSSR count). The minimum absolute atomic E-state index is 0.388. The van der Waals surface area contributed by atoms with Gasteiger partial charge >= 0.3 is 0 Å². The van der Waals surface area contributed by atoms with Gasteiger partial charge in [0.15, 0.2) is 5.82 Å². The normalized spacial score (nSPS) is 13.2. The van der Waals surface area contributed by atoms with Gasteiger partial charge in [-0.3, -0.25) is 4.79 Å². The highest BCUT2D eigenvalue weighted by Gasteiger charge is 2.11. The van der Waals surface area contributed by atoms with E-state index in [9.17, 15) is 9.00 Å². The van der Waals surface area contributed by atoms with E-state index in [-0.39, 0.29) is 0 Å². The fourth-order valence-electron chi connectivity index (χ4n) is 2.30. The van der Waals surface area contributed by atoms with Crippen LogP contribution in [0, 0.1) is 6.92 Å². The third kappa shape index (κ3) is 4.19. The van der Waals surface area contributed by atoms with E-state index in [1.165, 1.54) is 6.26 Å². The van der Waals surface area contributed by atoms with Gasteiger partial charge in [-0.15, -0.1) is 0 Å². The predicted molar refractivity (Wildman–Crippen MR) is 93.8 cm³/mol. The van der Waals surface area contributed by atoms with E-state index >= 15 is 0 Å². The van der Waals surface area contributed by atoms with Gasteiger partial charge in [0.1, 0.15) is 0 Å². The van der Waals surface area contributed by atoms with Gasteiger partial charge in [0.25, 0.3) is 5.91 Å². The van der Waals surface area contributed by atoms with Gasteiger partial charge in [-0.2, -0.15) is 9.35 Å². The summed E-state index contributed by atoms with van der Waals surface area (Å²) >= 11 is 0. The molecule has 7 heteroatoms. The second-order valence-corrected chi connectivity index (χ2v) is 7.87. The molecule has 0 aliphatic rings. The molecule has 0 spiro atoms. The van der Waals surface area contributed by atoms with Crippen molar-refractivity contribution in [3.05, 3.63) is 77.4 Å². The molecular formula is C18H17N3O3S. The van der Waals surface area contributed by atoms with Gasteiger partial charge in [0.2, 0.25) is 5.89 Å². The molecule has 0 fully saturated rings. The number of aryl methyl sites for hydroxylation is 1. The average molecular weight is 355 g/mol. The van der Waals surface area contributed by atoms with E-state index in [4.69, 9.17) is 4.52 Å². The Morgan fingerprint density at radius 3 is 2.40 bits per heavy atom. The van der Waals surface area contributed by atoms with Crippen LogP contribution >= 0.6 is 0 Å². The summed E-state index contributed by atoms with van der Waals surface area (Å²) in [5, 5.41) is 3.84. The molecular weight excluding hydrogens is 338 g/mol. The molecule has 1 atom stereocenters. The zero-order valence-electron chi connectivity index (χ0n) is 13.9. The Hall–Kier alpha value is -2.80. The van der Waals surface area contributed by atoms with Gasteiger partial charge in [-0.1, -0.05) is 35.5 Å². The predicted octanol–water partition coefficient (Wildman–Crippen LogP) is 3.27. The highest BCUT2D eigenvalue weighted by molar-refractivity contribution is 7.93. The number of amides is 1. The van der Waals surface area contributed by atoms with Gasteiger partial charge in [0.05, 0.1) is 9.73 Å². The van der Waals surface area contributed by atoms with Crippen LogP contribution in [-0.4, -0.2) is 26.5 Å². The molecule has 0 bridgehead atoms. The number of carbonyl (C=O) groups is 1. The van der Waals surface area contributed by atoms with Crippen LogP contribution in [0.1, 0.15) is 27.6 Å². The molecule has 1 aromatic heterocycles. The van der Waals surface area contributed by atoms with Crippen molar-refractivity contribution in [2.24, 2.45) is 4.36 Å². The summed E-state index contributed by atoms with van der Waals surface area (Å²) in [5.41, 5.74) is 1.33. The fraction of sp³-hybridized carbons (Fsp3) is 0.167. The maximum Gasteiger partial charge on any atom is 0.285 e. The monoisotopic (exact) mass is 355 g/mol. The molecule has 25 heavy (non-hydrogen) atoms. The van der Waals surface area contributed by atoms with Crippen LogP contribution in [0.25, 0.3) is 0 Å². The van der Waals surface area contributed by atoms with E-state index in [0.717, 1.165) is 5.56 Å². The topological polar surface area (TPSA) is 85.4 Å². The van der Waals surface area contributed by atoms with Crippen molar-refractivity contribution >= 4 is 15.6 Å². The molecule has 0 saturated carbocycles. The number of hydrogen-bond acceptors (Lipinski definition) is 5. The number of benzene rings is 2. The van der Waals surface area contributed by atoms with E-state index in [1.807, 2.05) is 6.07 Å². The van der Waals surface area contributed by atoms with Crippen LogP contribution < -0.4 is 0 Å². The molecule has 0 N–H and O–H groups in total. The third-order valence-electron chi connectivity index (χ3n) is 3.57. The largest absolute Gasteiger partial charge is 0.340 e. The maximum absolute atomic E-state index is 12.7. The lowest BCUT2D eigenvalue weighted by Crippen LogP contribution is -2.04. The molecule has 2 aromatic carbocycles. The second-order valence-electron chi connectivity index (χ2n) is 5.62. The Balaban J connectivity index is 1.79. The molecule has 128 valence electrons. The highest BCUT2D eigenvalue weighted by Crippen LogP contribution is 2.14. The summed E-state index contributed by atoms with van der Waals surface area (Å²) in [6, 6.07) is 15.7. The van der Waals surface area contributed by atoms with E-state index in [1.54, 1.807) is 55.5 Å². The summed E-state index contributed by atoms with van der Waals surface area (Å²) in [4.78, 5) is 17.0. The van der Waals surface area contributed by atoms with Crippen LogP contribution in [0.15, 0.2) is 68.4 Å². The van der Waals surface area contributed by atoms with Crippen LogP contribution in [-0.2, 0) is 16.1 Å².